The molecule has 1 N–H and O–H groups in total. The number of hydrogen-bond acceptors (Lipinski definition) is 3. The van der Waals surface area contributed by atoms with Gasteiger partial charge in [0.1, 0.15) is 0 Å². The van der Waals surface area contributed by atoms with Gasteiger partial charge in [0.15, 0.2) is 0 Å². The second kappa shape index (κ2) is 6.37. The van der Waals surface area contributed by atoms with E-state index < -0.39 is 0 Å². The van der Waals surface area contributed by atoms with Crippen molar-refractivity contribution in [1.29, 1.82) is 0 Å². The van der Waals surface area contributed by atoms with Crippen molar-refractivity contribution >= 4 is 11.8 Å². The Hall–Kier alpha value is -1.10. The van der Waals surface area contributed by atoms with Crippen LogP contribution in [-0.2, 0) is 9.59 Å². The largest absolute Gasteiger partial charge is 0.358 e. The summed E-state index contributed by atoms with van der Waals surface area (Å²) in [4.78, 5) is 27.9. The molecule has 2 heterocycles. The van der Waals surface area contributed by atoms with Gasteiger partial charge < -0.3 is 10.2 Å². The first-order valence-electron chi connectivity index (χ1n) is 7.41. The fourth-order valence-electron chi connectivity index (χ4n) is 3.45. The lowest BCUT2D eigenvalue weighted by Crippen LogP contribution is -2.50. The van der Waals surface area contributed by atoms with E-state index in [9.17, 15) is 9.59 Å². The Morgan fingerprint density at radius 1 is 1.16 bits per heavy atom. The first-order valence-corrected chi connectivity index (χ1v) is 7.41. The molecule has 5 heteroatoms. The van der Waals surface area contributed by atoms with Gasteiger partial charge in [-0.3, -0.25) is 14.5 Å². The van der Waals surface area contributed by atoms with Crippen molar-refractivity contribution in [2.75, 3.05) is 26.7 Å². The molecule has 2 rings (SSSR count). The molecule has 0 bridgehead atoms. The van der Waals surface area contributed by atoms with E-state index in [4.69, 9.17) is 0 Å². The molecule has 5 nitrogen and oxygen atoms in total. The third-order valence-electron chi connectivity index (χ3n) is 4.41. The highest BCUT2D eigenvalue weighted by molar-refractivity contribution is 5.78. The third kappa shape index (κ3) is 3.08. The maximum atomic E-state index is 12.0. The van der Waals surface area contributed by atoms with Crippen LogP contribution in [0.15, 0.2) is 0 Å². The molecular weight excluding hydrogens is 242 g/mol. The monoisotopic (exact) mass is 267 g/mol. The second-order valence-corrected chi connectivity index (χ2v) is 5.50. The van der Waals surface area contributed by atoms with Gasteiger partial charge in [0.05, 0.1) is 6.54 Å². The molecule has 2 atom stereocenters. The van der Waals surface area contributed by atoms with Crippen LogP contribution in [0.3, 0.4) is 0 Å². The number of carbonyl (C=O) groups is 2. The highest BCUT2D eigenvalue weighted by atomic mass is 16.2. The lowest BCUT2D eigenvalue weighted by molar-refractivity contribution is -0.132. The number of likely N-dealkylation sites (N-methyl/N-ethyl adjacent to an activating group) is 1. The number of amides is 2. The normalized spacial score (nSPS) is 27.8. The Morgan fingerprint density at radius 2 is 1.84 bits per heavy atom. The minimum atomic E-state index is 0.0678. The molecule has 2 amide bonds. The number of hydrogen-bond donors (Lipinski definition) is 1. The lowest BCUT2D eigenvalue weighted by Gasteiger charge is -2.34. The van der Waals surface area contributed by atoms with E-state index in [-0.39, 0.29) is 11.8 Å². The van der Waals surface area contributed by atoms with Crippen LogP contribution in [0.25, 0.3) is 0 Å². The molecule has 2 aliphatic heterocycles. The fraction of sp³-hybridized carbons (Fsp3) is 0.857. The summed E-state index contributed by atoms with van der Waals surface area (Å²) in [5.41, 5.74) is 0. The predicted molar refractivity (Wildman–Crippen MR) is 73.7 cm³/mol. The quantitative estimate of drug-likeness (QED) is 0.811. The molecule has 2 saturated heterocycles. The highest BCUT2D eigenvalue weighted by Crippen LogP contribution is 2.30. The van der Waals surface area contributed by atoms with Crippen LogP contribution in [0.2, 0.25) is 0 Å². The summed E-state index contributed by atoms with van der Waals surface area (Å²) < 4.78 is 0. The standard InChI is InChI=1S/C14H25N3O2/c1-3-14(19)17-9-5-7-12(17)11-6-4-8-16(11)10-13(18)15-2/h11-12H,3-10H2,1-2H3,(H,15,18)/t11-,12+/m0/s1. The predicted octanol–water partition coefficient (Wildman–Crippen LogP) is 0.598. The van der Waals surface area contributed by atoms with Gasteiger partial charge in [0.25, 0.3) is 0 Å². The molecule has 0 aromatic carbocycles. The van der Waals surface area contributed by atoms with Gasteiger partial charge in [-0.15, -0.1) is 0 Å². The molecule has 0 spiro atoms. The Balaban J connectivity index is 2.02. The lowest BCUT2D eigenvalue weighted by atomic mass is 10.0. The SMILES string of the molecule is CCC(=O)N1CCC[C@@H]1[C@@H]1CCCN1CC(=O)NC. The smallest absolute Gasteiger partial charge is 0.233 e. The average Bonchev–Trinajstić information content (AvgIpc) is 3.05. The molecule has 0 radical (unpaired) electrons. The summed E-state index contributed by atoms with van der Waals surface area (Å²) in [7, 11) is 1.68. The summed E-state index contributed by atoms with van der Waals surface area (Å²) in [5, 5.41) is 2.69. The summed E-state index contributed by atoms with van der Waals surface area (Å²) in [5.74, 6) is 0.326. The minimum Gasteiger partial charge on any atom is -0.358 e. The van der Waals surface area contributed by atoms with Crippen LogP contribution >= 0.6 is 0 Å². The average molecular weight is 267 g/mol. The van der Waals surface area contributed by atoms with Crippen molar-refractivity contribution in [1.82, 2.24) is 15.1 Å². The summed E-state index contributed by atoms with van der Waals surface area (Å²) in [6.45, 7) is 4.25. The maximum absolute atomic E-state index is 12.0. The van der Waals surface area contributed by atoms with Crippen molar-refractivity contribution in [2.24, 2.45) is 0 Å². The van der Waals surface area contributed by atoms with E-state index in [1.54, 1.807) is 7.05 Å². The molecule has 2 aliphatic rings. The van der Waals surface area contributed by atoms with Gasteiger partial charge in [-0.05, 0) is 32.2 Å². The topological polar surface area (TPSA) is 52.7 Å². The van der Waals surface area contributed by atoms with E-state index >= 15 is 0 Å². The molecule has 0 saturated carbocycles. The van der Waals surface area contributed by atoms with Crippen molar-refractivity contribution in [3.8, 4) is 0 Å². The molecule has 108 valence electrons. The van der Waals surface area contributed by atoms with Crippen LogP contribution < -0.4 is 5.32 Å². The second-order valence-electron chi connectivity index (χ2n) is 5.50. The Morgan fingerprint density at radius 3 is 2.53 bits per heavy atom. The number of carbonyl (C=O) groups excluding carboxylic acids is 2. The van der Waals surface area contributed by atoms with Crippen molar-refractivity contribution in [3.63, 3.8) is 0 Å². The molecule has 0 aliphatic carbocycles. The van der Waals surface area contributed by atoms with Gasteiger partial charge in [0.2, 0.25) is 11.8 Å². The zero-order chi connectivity index (χ0) is 13.8. The highest BCUT2D eigenvalue weighted by Gasteiger charge is 2.39. The summed E-state index contributed by atoms with van der Waals surface area (Å²) >= 11 is 0. The van der Waals surface area contributed by atoms with Gasteiger partial charge in [-0.2, -0.15) is 0 Å². The molecule has 0 unspecified atom stereocenters. The van der Waals surface area contributed by atoms with Gasteiger partial charge >= 0.3 is 0 Å². The Labute approximate surface area is 115 Å². The first kappa shape index (κ1) is 14.3. The maximum Gasteiger partial charge on any atom is 0.233 e. The molecule has 2 fully saturated rings. The van der Waals surface area contributed by atoms with Gasteiger partial charge in [-0.25, -0.2) is 0 Å². The summed E-state index contributed by atoms with van der Waals surface area (Å²) in [6, 6.07) is 0.690. The number of nitrogens with one attached hydrogen (secondary N) is 1. The van der Waals surface area contributed by atoms with E-state index in [2.05, 4.69) is 10.2 Å². The van der Waals surface area contributed by atoms with Crippen LogP contribution in [0, 0.1) is 0 Å². The van der Waals surface area contributed by atoms with Crippen LogP contribution in [0.1, 0.15) is 39.0 Å². The van der Waals surface area contributed by atoms with E-state index in [1.165, 1.54) is 0 Å². The van der Waals surface area contributed by atoms with Gasteiger partial charge in [0, 0.05) is 32.1 Å². The minimum absolute atomic E-state index is 0.0678. The summed E-state index contributed by atoms with van der Waals surface area (Å²) in [6.07, 6.45) is 5.00. The van der Waals surface area contributed by atoms with Crippen molar-refractivity contribution in [3.05, 3.63) is 0 Å². The Bertz CT molecular complexity index is 346. The molecular formula is C14H25N3O2. The molecule has 19 heavy (non-hydrogen) atoms. The van der Waals surface area contributed by atoms with Crippen molar-refractivity contribution in [2.45, 2.75) is 51.1 Å². The van der Waals surface area contributed by atoms with E-state index in [1.807, 2.05) is 11.8 Å². The zero-order valence-corrected chi connectivity index (χ0v) is 12.0. The first-order chi connectivity index (χ1) is 9.17. The number of likely N-dealkylation sites (tertiary alicyclic amines) is 2. The molecule has 0 aromatic rings. The van der Waals surface area contributed by atoms with E-state index in [0.29, 0.717) is 25.0 Å². The van der Waals surface area contributed by atoms with Crippen LogP contribution in [0.4, 0.5) is 0 Å². The van der Waals surface area contributed by atoms with Gasteiger partial charge in [-0.1, -0.05) is 6.92 Å². The Kier molecular flexibility index (Phi) is 4.80. The number of rotatable bonds is 4. The van der Waals surface area contributed by atoms with Crippen molar-refractivity contribution < 1.29 is 9.59 Å². The van der Waals surface area contributed by atoms with Crippen LogP contribution in [0.5, 0.6) is 0 Å². The van der Waals surface area contributed by atoms with Crippen LogP contribution in [-0.4, -0.2) is 60.4 Å². The third-order valence-corrected chi connectivity index (χ3v) is 4.41. The molecule has 0 aromatic heterocycles. The number of nitrogens with zero attached hydrogens (tertiary/aromatic N) is 2. The zero-order valence-electron chi connectivity index (χ0n) is 12.0. The fourth-order valence-corrected chi connectivity index (χ4v) is 3.45. The van der Waals surface area contributed by atoms with E-state index in [0.717, 1.165) is 38.8 Å².